The van der Waals surface area contributed by atoms with Crippen molar-refractivity contribution in [2.45, 2.75) is 20.5 Å². The molecular weight excluding hydrogens is 266 g/mol. The number of rotatable bonds is 6. The summed E-state index contributed by atoms with van der Waals surface area (Å²) in [5.41, 5.74) is 4.82. The van der Waals surface area contributed by atoms with Crippen LogP contribution in [0.15, 0.2) is 30.3 Å². The molecule has 2 rings (SSSR count). The second-order valence-corrected chi connectivity index (χ2v) is 4.71. The number of nitrogens with zero attached hydrogens (tertiary/aromatic N) is 3. The Labute approximate surface area is 124 Å². The third-order valence-corrected chi connectivity index (χ3v) is 3.07. The van der Waals surface area contributed by atoms with Crippen LogP contribution >= 0.6 is 0 Å². The lowest BCUT2D eigenvalue weighted by Gasteiger charge is -2.20. The maximum Gasteiger partial charge on any atom is 0.158 e. The van der Waals surface area contributed by atoms with Gasteiger partial charge in [0.1, 0.15) is 18.2 Å². The molecule has 21 heavy (non-hydrogen) atoms. The van der Waals surface area contributed by atoms with Crippen molar-refractivity contribution in [2.75, 3.05) is 24.0 Å². The lowest BCUT2D eigenvalue weighted by Crippen LogP contribution is -2.16. The van der Waals surface area contributed by atoms with Crippen molar-refractivity contribution in [1.29, 1.82) is 0 Å². The highest BCUT2D eigenvalue weighted by atomic mass is 16.5. The molecule has 0 saturated carbocycles. The molecule has 0 amide bonds. The van der Waals surface area contributed by atoms with Crippen molar-refractivity contribution in [3.63, 3.8) is 0 Å². The van der Waals surface area contributed by atoms with Gasteiger partial charge >= 0.3 is 0 Å². The fourth-order valence-electron chi connectivity index (χ4n) is 1.96. The van der Waals surface area contributed by atoms with Crippen molar-refractivity contribution in [2.24, 2.45) is 5.84 Å². The number of ether oxygens (including phenoxy) is 1. The van der Waals surface area contributed by atoms with Gasteiger partial charge in [0, 0.05) is 25.4 Å². The molecule has 6 nitrogen and oxygen atoms in total. The number of hydrogen-bond donors (Lipinski definition) is 2. The van der Waals surface area contributed by atoms with E-state index in [-0.39, 0.29) is 0 Å². The summed E-state index contributed by atoms with van der Waals surface area (Å²) in [5.74, 6) is 7.40. The Hall–Kier alpha value is -2.18. The van der Waals surface area contributed by atoms with Crippen molar-refractivity contribution in [1.82, 2.24) is 9.97 Å². The van der Waals surface area contributed by atoms with E-state index < -0.39 is 0 Å². The van der Waals surface area contributed by atoms with Crippen LogP contribution < -0.4 is 16.2 Å². The molecule has 0 aliphatic rings. The number of nitrogens with two attached hydrogens (primary N) is 1. The fraction of sp³-hybridized carbons (Fsp3) is 0.333. The van der Waals surface area contributed by atoms with E-state index in [0.717, 1.165) is 11.5 Å². The summed E-state index contributed by atoms with van der Waals surface area (Å²) in [7, 11) is 1.96. The molecule has 0 aliphatic carbocycles. The van der Waals surface area contributed by atoms with Crippen molar-refractivity contribution < 1.29 is 4.74 Å². The van der Waals surface area contributed by atoms with Gasteiger partial charge in [0.25, 0.3) is 0 Å². The molecule has 6 heteroatoms. The zero-order valence-corrected chi connectivity index (χ0v) is 12.6. The molecule has 0 saturated heterocycles. The van der Waals surface area contributed by atoms with Crippen LogP contribution in [0.2, 0.25) is 0 Å². The third kappa shape index (κ3) is 3.90. The van der Waals surface area contributed by atoms with E-state index in [1.54, 1.807) is 6.07 Å². The van der Waals surface area contributed by atoms with E-state index in [9.17, 15) is 0 Å². The number of nitrogen functional groups attached to an aromatic ring is 1. The quantitative estimate of drug-likeness (QED) is 0.627. The summed E-state index contributed by atoms with van der Waals surface area (Å²) >= 11 is 0. The molecule has 0 aliphatic heterocycles. The predicted molar refractivity (Wildman–Crippen MR) is 84.4 cm³/mol. The van der Waals surface area contributed by atoms with Crippen LogP contribution in [0.5, 0.6) is 0 Å². The number of hydrazine groups is 1. The fourth-order valence-corrected chi connectivity index (χ4v) is 1.96. The average Bonchev–Trinajstić information content (AvgIpc) is 2.51. The Morgan fingerprint density at radius 2 is 2.10 bits per heavy atom. The third-order valence-electron chi connectivity index (χ3n) is 3.07. The van der Waals surface area contributed by atoms with Gasteiger partial charge < -0.3 is 15.1 Å². The van der Waals surface area contributed by atoms with Crippen LogP contribution in [0.3, 0.4) is 0 Å². The van der Waals surface area contributed by atoms with Crippen LogP contribution in [-0.4, -0.2) is 23.6 Å². The van der Waals surface area contributed by atoms with Crippen molar-refractivity contribution in [3.05, 3.63) is 41.7 Å². The molecule has 2 aromatic rings. The molecule has 0 fully saturated rings. The first kappa shape index (κ1) is 15.2. The van der Waals surface area contributed by atoms with E-state index in [0.29, 0.717) is 24.9 Å². The molecule has 0 atom stereocenters. The van der Waals surface area contributed by atoms with Crippen molar-refractivity contribution in [3.8, 4) is 0 Å². The minimum Gasteiger partial charge on any atom is -0.374 e. The van der Waals surface area contributed by atoms with E-state index in [1.165, 1.54) is 5.56 Å². The summed E-state index contributed by atoms with van der Waals surface area (Å²) in [5, 5.41) is 0. The maximum atomic E-state index is 5.48. The molecule has 1 heterocycles. The summed E-state index contributed by atoms with van der Waals surface area (Å²) < 4.78 is 5.37. The molecule has 3 N–H and O–H groups in total. The van der Waals surface area contributed by atoms with Gasteiger partial charge in [0.15, 0.2) is 5.82 Å². The first-order chi connectivity index (χ1) is 10.1. The Kier molecular flexibility index (Phi) is 5.08. The molecule has 1 aromatic heterocycles. The lowest BCUT2D eigenvalue weighted by atomic mass is 10.2. The van der Waals surface area contributed by atoms with Gasteiger partial charge in [-0.15, -0.1) is 0 Å². The summed E-state index contributed by atoms with van der Waals surface area (Å²) in [6.45, 7) is 4.98. The van der Waals surface area contributed by atoms with Crippen LogP contribution in [0.4, 0.5) is 17.3 Å². The molecule has 0 bridgehead atoms. The number of aryl methyl sites for hydroxylation is 1. The predicted octanol–water partition coefficient (Wildman–Crippen LogP) is 2.38. The van der Waals surface area contributed by atoms with E-state index in [4.69, 9.17) is 10.6 Å². The van der Waals surface area contributed by atoms with E-state index in [2.05, 4.69) is 34.5 Å². The monoisotopic (exact) mass is 287 g/mol. The van der Waals surface area contributed by atoms with E-state index >= 15 is 0 Å². The van der Waals surface area contributed by atoms with Gasteiger partial charge in [-0.05, 0) is 31.5 Å². The van der Waals surface area contributed by atoms with Gasteiger partial charge in [-0.1, -0.05) is 12.1 Å². The Morgan fingerprint density at radius 1 is 1.29 bits per heavy atom. The molecule has 1 aromatic carbocycles. The van der Waals surface area contributed by atoms with Gasteiger partial charge in [0.2, 0.25) is 0 Å². The average molecular weight is 287 g/mol. The highest BCUT2D eigenvalue weighted by Gasteiger charge is 2.10. The first-order valence-electron chi connectivity index (χ1n) is 6.86. The number of hydrogen-bond acceptors (Lipinski definition) is 6. The standard InChI is InChI=1S/C15H21N5O/c1-4-21-10-14-17-13(19-16)9-15(18-14)20(3)12-7-5-6-11(2)8-12/h5-9H,4,10,16H2,1-3H3,(H,17,18,19). The van der Waals surface area contributed by atoms with Crippen molar-refractivity contribution >= 4 is 17.3 Å². The first-order valence-corrected chi connectivity index (χ1v) is 6.86. The summed E-state index contributed by atoms with van der Waals surface area (Å²) in [4.78, 5) is 10.8. The lowest BCUT2D eigenvalue weighted by molar-refractivity contribution is 0.128. The van der Waals surface area contributed by atoms with Crippen LogP contribution in [0, 0.1) is 6.92 Å². The minimum absolute atomic E-state index is 0.362. The Bertz CT molecular complexity index is 602. The zero-order valence-electron chi connectivity index (χ0n) is 12.6. The summed E-state index contributed by atoms with van der Waals surface area (Å²) in [6.07, 6.45) is 0. The zero-order chi connectivity index (χ0) is 15.2. The van der Waals surface area contributed by atoms with Gasteiger partial charge in [-0.3, -0.25) is 0 Å². The van der Waals surface area contributed by atoms with Gasteiger partial charge in [0.05, 0.1) is 0 Å². The number of aromatic nitrogens is 2. The Balaban J connectivity index is 2.32. The maximum absolute atomic E-state index is 5.48. The highest BCUT2D eigenvalue weighted by Crippen LogP contribution is 2.24. The molecule has 0 radical (unpaired) electrons. The molecule has 0 unspecified atom stereocenters. The van der Waals surface area contributed by atoms with Crippen LogP contribution in [0.25, 0.3) is 0 Å². The minimum atomic E-state index is 0.362. The molecule has 0 spiro atoms. The largest absolute Gasteiger partial charge is 0.374 e. The topological polar surface area (TPSA) is 76.3 Å². The number of benzene rings is 1. The Morgan fingerprint density at radius 3 is 2.76 bits per heavy atom. The second-order valence-electron chi connectivity index (χ2n) is 4.71. The SMILES string of the molecule is CCOCc1nc(NN)cc(N(C)c2cccc(C)c2)n1. The normalized spacial score (nSPS) is 10.5. The highest BCUT2D eigenvalue weighted by molar-refractivity contribution is 5.62. The van der Waals surface area contributed by atoms with Gasteiger partial charge in [-0.25, -0.2) is 15.8 Å². The summed E-state index contributed by atoms with van der Waals surface area (Å²) in [6, 6.07) is 10.0. The number of anilines is 3. The second kappa shape index (κ2) is 7.01. The molecular formula is C15H21N5O. The smallest absolute Gasteiger partial charge is 0.158 e. The van der Waals surface area contributed by atoms with E-state index in [1.807, 2.05) is 31.0 Å². The van der Waals surface area contributed by atoms with Crippen LogP contribution in [0.1, 0.15) is 18.3 Å². The van der Waals surface area contributed by atoms with Crippen LogP contribution in [-0.2, 0) is 11.3 Å². The number of nitrogens with one attached hydrogen (secondary N) is 1. The van der Waals surface area contributed by atoms with Gasteiger partial charge in [-0.2, -0.15) is 0 Å². The molecule has 112 valence electrons.